The van der Waals surface area contributed by atoms with Crippen LogP contribution in [0.3, 0.4) is 0 Å². The predicted molar refractivity (Wildman–Crippen MR) is 78.3 cm³/mol. The van der Waals surface area contributed by atoms with Gasteiger partial charge in [0, 0.05) is 6.54 Å². The summed E-state index contributed by atoms with van der Waals surface area (Å²) in [5.74, 6) is 3.43. The molecule has 1 aromatic carbocycles. The summed E-state index contributed by atoms with van der Waals surface area (Å²) < 4.78 is 5.61. The minimum atomic E-state index is -0.590. The van der Waals surface area contributed by atoms with Crippen molar-refractivity contribution in [2.75, 3.05) is 13.2 Å². The maximum Gasteiger partial charge on any atom is 0.122 e. The lowest BCUT2D eigenvalue weighted by Crippen LogP contribution is -2.43. The lowest BCUT2D eigenvalue weighted by atomic mass is 10.1. The second kappa shape index (κ2) is 6.60. The van der Waals surface area contributed by atoms with Crippen molar-refractivity contribution in [2.45, 2.75) is 39.3 Å². The number of rotatable bonds is 6. The summed E-state index contributed by atoms with van der Waals surface area (Å²) in [6.07, 6.45) is 4.78. The Hall–Kier alpha value is -1.50. The molecule has 1 unspecified atom stereocenters. The zero-order chi connectivity index (χ0) is 14.5. The van der Waals surface area contributed by atoms with Crippen LogP contribution in [0.2, 0.25) is 0 Å². The topological polar surface area (TPSA) is 41.5 Å². The molecule has 1 aromatic rings. The molecule has 1 rings (SSSR count). The van der Waals surface area contributed by atoms with E-state index in [2.05, 4.69) is 17.3 Å². The number of terminal acetylenes is 1. The van der Waals surface area contributed by atoms with Crippen molar-refractivity contribution in [3.63, 3.8) is 0 Å². The Labute approximate surface area is 116 Å². The maximum atomic E-state index is 9.86. The molecule has 0 fully saturated rings. The first-order valence-electron chi connectivity index (χ1n) is 6.45. The molecular weight excluding hydrogens is 238 g/mol. The summed E-state index contributed by atoms with van der Waals surface area (Å²) in [6.45, 7) is 8.47. The zero-order valence-electron chi connectivity index (χ0n) is 12.2. The van der Waals surface area contributed by atoms with E-state index in [1.54, 1.807) is 0 Å². The Morgan fingerprint density at radius 1 is 1.42 bits per heavy atom. The van der Waals surface area contributed by atoms with Crippen LogP contribution < -0.4 is 10.1 Å². The van der Waals surface area contributed by atoms with Gasteiger partial charge in [0.05, 0.1) is 5.54 Å². The number of hydrogen-bond donors (Lipinski definition) is 2. The fourth-order valence-corrected chi connectivity index (χ4v) is 1.63. The fraction of sp³-hybridized carbons (Fsp3) is 0.500. The number of aliphatic hydroxyl groups is 1. The first-order valence-corrected chi connectivity index (χ1v) is 6.45. The molecule has 0 aliphatic rings. The van der Waals surface area contributed by atoms with Crippen molar-refractivity contribution in [1.29, 1.82) is 0 Å². The van der Waals surface area contributed by atoms with Crippen LogP contribution in [0, 0.1) is 26.2 Å². The van der Waals surface area contributed by atoms with Crippen LogP contribution in [0.15, 0.2) is 18.2 Å². The highest BCUT2D eigenvalue weighted by atomic mass is 16.5. The third-order valence-corrected chi connectivity index (χ3v) is 2.90. The van der Waals surface area contributed by atoms with Crippen molar-refractivity contribution in [3.05, 3.63) is 29.3 Å². The van der Waals surface area contributed by atoms with Crippen molar-refractivity contribution < 1.29 is 9.84 Å². The number of nitrogens with one attached hydrogen (secondary N) is 1. The van der Waals surface area contributed by atoms with Crippen LogP contribution in [0.25, 0.3) is 0 Å². The van der Waals surface area contributed by atoms with Gasteiger partial charge in [0.1, 0.15) is 18.5 Å². The number of aliphatic hydroxyl groups excluding tert-OH is 1. The summed E-state index contributed by atoms with van der Waals surface area (Å²) >= 11 is 0. The highest BCUT2D eigenvalue weighted by molar-refractivity contribution is 5.35. The standard InChI is InChI=1S/C16H23NO2/c1-6-16(4,5)17-10-14(18)11-19-15-8-7-12(2)9-13(15)3/h1,7-9,14,17-18H,10-11H2,2-5H3. The second-order valence-corrected chi connectivity index (χ2v) is 5.38. The van der Waals surface area contributed by atoms with Crippen molar-refractivity contribution in [1.82, 2.24) is 5.32 Å². The molecule has 3 heteroatoms. The summed E-state index contributed by atoms with van der Waals surface area (Å²) in [5.41, 5.74) is 1.85. The van der Waals surface area contributed by atoms with E-state index >= 15 is 0 Å². The number of benzene rings is 1. The third-order valence-electron chi connectivity index (χ3n) is 2.90. The van der Waals surface area contributed by atoms with Gasteiger partial charge in [-0.25, -0.2) is 0 Å². The maximum absolute atomic E-state index is 9.86. The van der Waals surface area contributed by atoms with Gasteiger partial charge in [-0.3, -0.25) is 5.32 Å². The molecule has 19 heavy (non-hydrogen) atoms. The molecule has 0 spiro atoms. The molecule has 1 atom stereocenters. The quantitative estimate of drug-likeness (QED) is 0.770. The van der Waals surface area contributed by atoms with E-state index in [1.165, 1.54) is 5.56 Å². The molecule has 3 nitrogen and oxygen atoms in total. The minimum absolute atomic E-state index is 0.248. The number of β-amino-alcohol motifs (C(OH)–C–C–N with tert-alkyl or cyclic N) is 1. The summed E-state index contributed by atoms with van der Waals surface area (Å²) in [6, 6.07) is 5.98. The van der Waals surface area contributed by atoms with Crippen LogP contribution in [0.5, 0.6) is 5.75 Å². The van der Waals surface area contributed by atoms with Crippen molar-refractivity contribution >= 4 is 0 Å². The molecule has 104 valence electrons. The summed E-state index contributed by atoms with van der Waals surface area (Å²) in [5, 5.41) is 13.0. The van der Waals surface area contributed by atoms with Crippen LogP contribution >= 0.6 is 0 Å². The molecule has 0 heterocycles. The van der Waals surface area contributed by atoms with E-state index in [4.69, 9.17) is 11.2 Å². The Bertz CT molecular complexity index is 460. The van der Waals surface area contributed by atoms with E-state index in [9.17, 15) is 5.11 Å². The largest absolute Gasteiger partial charge is 0.491 e. The molecular formula is C16H23NO2. The molecule has 0 aromatic heterocycles. The Morgan fingerprint density at radius 3 is 2.68 bits per heavy atom. The lowest BCUT2D eigenvalue weighted by Gasteiger charge is -2.22. The van der Waals surface area contributed by atoms with Gasteiger partial charge in [-0.1, -0.05) is 23.6 Å². The van der Waals surface area contributed by atoms with E-state index in [-0.39, 0.29) is 6.61 Å². The van der Waals surface area contributed by atoms with E-state index in [0.717, 1.165) is 11.3 Å². The molecule has 0 radical (unpaired) electrons. The Morgan fingerprint density at radius 2 is 2.11 bits per heavy atom. The average Bonchev–Trinajstić information content (AvgIpc) is 2.35. The smallest absolute Gasteiger partial charge is 0.122 e. The van der Waals surface area contributed by atoms with Gasteiger partial charge in [0.25, 0.3) is 0 Å². The highest BCUT2D eigenvalue weighted by Crippen LogP contribution is 2.18. The fourth-order valence-electron chi connectivity index (χ4n) is 1.63. The Balaban J connectivity index is 2.42. The molecule has 0 saturated carbocycles. The number of hydrogen-bond acceptors (Lipinski definition) is 3. The van der Waals surface area contributed by atoms with Gasteiger partial charge in [0.2, 0.25) is 0 Å². The normalized spacial score (nSPS) is 12.8. The summed E-state index contributed by atoms with van der Waals surface area (Å²) in [4.78, 5) is 0. The van der Waals surface area contributed by atoms with Gasteiger partial charge in [-0.05, 0) is 39.3 Å². The monoisotopic (exact) mass is 261 g/mol. The molecule has 0 bridgehead atoms. The first kappa shape index (κ1) is 15.6. The molecule has 2 N–H and O–H groups in total. The van der Waals surface area contributed by atoms with E-state index in [1.807, 2.05) is 39.8 Å². The predicted octanol–water partition coefficient (Wildman–Crippen LogP) is 2.04. The number of aryl methyl sites for hydroxylation is 2. The number of ether oxygens (including phenoxy) is 1. The minimum Gasteiger partial charge on any atom is -0.491 e. The van der Waals surface area contributed by atoms with E-state index < -0.39 is 11.6 Å². The van der Waals surface area contributed by atoms with Crippen LogP contribution in [-0.4, -0.2) is 29.9 Å². The van der Waals surface area contributed by atoms with Crippen molar-refractivity contribution in [2.24, 2.45) is 0 Å². The van der Waals surface area contributed by atoms with Crippen molar-refractivity contribution in [3.8, 4) is 18.1 Å². The molecule has 0 amide bonds. The van der Waals surface area contributed by atoms with Gasteiger partial charge >= 0.3 is 0 Å². The van der Waals surface area contributed by atoms with Gasteiger partial charge < -0.3 is 9.84 Å². The highest BCUT2D eigenvalue weighted by Gasteiger charge is 2.15. The SMILES string of the molecule is C#CC(C)(C)NCC(O)COc1ccc(C)cc1C. The second-order valence-electron chi connectivity index (χ2n) is 5.38. The first-order chi connectivity index (χ1) is 8.84. The van der Waals surface area contributed by atoms with Gasteiger partial charge in [0.15, 0.2) is 0 Å². The van der Waals surface area contributed by atoms with Gasteiger partial charge in [-0.2, -0.15) is 0 Å². The third kappa shape index (κ3) is 5.34. The Kier molecular flexibility index (Phi) is 5.41. The van der Waals surface area contributed by atoms with Crippen LogP contribution in [0.1, 0.15) is 25.0 Å². The average molecular weight is 261 g/mol. The van der Waals surface area contributed by atoms with Crippen LogP contribution in [-0.2, 0) is 0 Å². The molecule has 0 aliphatic carbocycles. The van der Waals surface area contributed by atoms with E-state index in [0.29, 0.717) is 6.54 Å². The molecule has 0 aliphatic heterocycles. The van der Waals surface area contributed by atoms with Gasteiger partial charge in [-0.15, -0.1) is 6.42 Å². The molecule has 0 saturated heterocycles. The zero-order valence-corrected chi connectivity index (χ0v) is 12.2. The summed E-state index contributed by atoms with van der Waals surface area (Å²) in [7, 11) is 0. The van der Waals surface area contributed by atoms with Crippen LogP contribution in [0.4, 0.5) is 0 Å². The lowest BCUT2D eigenvalue weighted by molar-refractivity contribution is 0.102.